The highest BCUT2D eigenvalue weighted by atomic mass is 16.4. The summed E-state index contributed by atoms with van der Waals surface area (Å²) in [5.41, 5.74) is 5.67. The Morgan fingerprint density at radius 3 is 2.87 bits per heavy atom. The SMILES string of the molecule is CCC1CCCCCN1C(C)C(N)=NO. The first-order valence-electron chi connectivity index (χ1n) is 5.93. The molecule has 0 saturated carbocycles. The number of amidine groups is 1. The van der Waals surface area contributed by atoms with E-state index >= 15 is 0 Å². The summed E-state index contributed by atoms with van der Waals surface area (Å²) in [6, 6.07) is 0.640. The van der Waals surface area contributed by atoms with Crippen LogP contribution in [0.3, 0.4) is 0 Å². The first kappa shape index (κ1) is 12.3. The van der Waals surface area contributed by atoms with E-state index < -0.39 is 0 Å². The number of rotatable bonds is 3. The van der Waals surface area contributed by atoms with Crippen LogP contribution in [0.2, 0.25) is 0 Å². The summed E-state index contributed by atoms with van der Waals surface area (Å²) < 4.78 is 0. The van der Waals surface area contributed by atoms with Crippen LogP contribution in [0.25, 0.3) is 0 Å². The highest BCUT2D eigenvalue weighted by Crippen LogP contribution is 2.21. The second kappa shape index (κ2) is 5.95. The van der Waals surface area contributed by atoms with Crippen LogP contribution >= 0.6 is 0 Å². The smallest absolute Gasteiger partial charge is 0.156 e. The summed E-state index contributed by atoms with van der Waals surface area (Å²) in [4.78, 5) is 2.38. The molecule has 4 nitrogen and oxygen atoms in total. The van der Waals surface area contributed by atoms with E-state index in [0.29, 0.717) is 11.9 Å². The van der Waals surface area contributed by atoms with Crippen LogP contribution in [-0.2, 0) is 0 Å². The predicted molar refractivity (Wildman–Crippen MR) is 62.1 cm³/mol. The van der Waals surface area contributed by atoms with Crippen LogP contribution in [0, 0.1) is 0 Å². The fraction of sp³-hybridized carbons (Fsp3) is 0.909. The van der Waals surface area contributed by atoms with Crippen LogP contribution in [0.15, 0.2) is 5.16 Å². The quantitative estimate of drug-likeness (QED) is 0.325. The molecule has 1 aliphatic rings. The summed E-state index contributed by atoms with van der Waals surface area (Å²) in [5.74, 6) is 0.329. The molecule has 3 N–H and O–H groups in total. The molecule has 0 aromatic heterocycles. The average Bonchev–Trinajstić information content (AvgIpc) is 2.51. The van der Waals surface area contributed by atoms with Crippen molar-refractivity contribution in [3.05, 3.63) is 0 Å². The van der Waals surface area contributed by atoms with E-state index in [-0.39, 0.29) is 6.04 Å². The summed E-state index contributed by atoms with van der Waals surface area (Å²) in [6.07, 6.45) is 6.20. The molecule has 0 aliphatic carbocycles. The maximum absolute atomic E-state index is 8.70. The molecule has 15 heavy (non-hydrogen) atoms. The van der Waals surface area contributed by atoms with Crippen LogP contribution in [0.4, 0.5) is 0 Å². The van der Waals surface area contributed by atoms with Gasteiger partial charge < -0.3 is 10.9 Å². The Bertz CT molecular complexity index is 218. The molecule has 2 unspecified atom stereocenters. The third kappa shape index (κ3) is 3.09. The third-order valence-electron chi connectivity index (χ3n) is 3.43. The highest BCUT2D eigenvalue weighted by Gasteiger charge is 2.25. The van der Waals surface area contributed by atoms with Crippen molar-refractivity contribution in [3.63, 3.8) is 0 Å². The van der Waals surface area contributed by atoms with Gasteiger partial charge in [0.1, 0.15) is 0 Å². The van der Waals surface area contributed by atoms with E-state index in [4.69, 9.17) is 10.9 Å². The third-order valence-corrected chi connectivity index (χ3v) is 3.43. The van der Waals surface area contributed by atoms with Crippen molar-refractivity contribution in [2.24, 2.45) is 10.9 Å². The minimum absolute atomic E-state index is 0.0537. The molecule has 4 heteroatoms. The number of oxime groups is 1. The highest BCUT2D eigenvalue weighted by molar-refractivity contribution is 5.84. The van der Waals surface area contributed by atoms with Crippen LogP contribution in [-0.4, -0.2) is 34.6 Å². The number of hydrogen-bond acceptors (Lipinski definition) is 3. The average molecular weight is 213 g/mol. The molecule has 1 fully saturated rings. The van der Waals surface area contributed by atoms with Crippen LogP contribution in [0.1, 0.15) is 46.0 Å². The lowest BCUT2D eigenvalue weighted by Gasteiger charge is -2.33. The van der Waals surface area contributed by atoms with Crippen molar-refractivity contribution in [1.82, 2.24) is 4.90 Å². The molecule has 0 aromatic rings. The van der Waals surface area contributed by atoms with Gasteiger partial charge in [0.2, 0.25) is 0 Å². The van der Waals surface area contributed by atoms with Crippen molar-refractivity contribution in [3.8, 4) is 0 Å². The Balaban J connectivity index is 2.69. The zero-order valence-corrected chi connectivity index (χ0v) is 9.82. The normalized spacial score (nSPS) is 27.3. The van der Waals surface area contributed by atoms with Gasteiger partial charge in [-0.2, -0.15) is 0 Å². The van der Waals surface area contributed by atoms with Crippen LogP contribution < -0.4 is 5.73 Å². The standard InChI is InChI=1S/C11H23N3O/c1-3-10-7-5-4-6-8-14(10)9(2)11(12)13-15/h9-10,15H,3-8H2,1-2H3,(H2,12,13). The van der Waals surface area contributed by atoms with Crippen molar-refractivity contribution in [2.75, 3.05) is 6.54 Å². The van der Waals surface area contributed by atoms with Crippen molar-refractivity contribution < 1.29 is 5.21 Å². The lowest BCUT2D eigenvalue weighted by atomic mass is 10.1. The van der Waals surface area contributed by atoms with E-state index in [1.165, 1.54) is 25.7 Å². The predicted octanol–water partition coefficient (Wildman–Crippen LogP) is 1.78. The van der Waals surface area contributed by atoms with E-state index in [1.807, 2.05) is 6.92 Å². The molecule has 0 aromatic carbocycles. The lowest BCUT2D eigenvalue weighted by molar-refractivity contribution is 0.173. The zero-order chi connectivity index (χ0) is 11.3. The van der Waals surface area contributed by atoms with Crippen molar-refractivity contribution in [1.29, 1.82) is 0 Å². The fourth-order valence-corrected chi connectivity index (χ4v) is 2.40. The fourth-order valence-electron chi connectivity index (χ4n) is 2.40. The summed E-state index contributed by atoms with van der Waals surface area (Å²) >= 11 is 0. The molecule has 0 bridgehead atoms. The number of nitrogens with two attached hydrogens (primary N) is 1. The Hall–Kier alpha value is -0.770. The summed E-state index contributed by atoms with van der Waals surface area (Å²) in [5, 5.41) is 11.8. The maximum atomic E-state index is 8.70. The topological polar surface area (TPSA) is 61.8 Å². The van der Waals surface area contributed by atoms with E-state index in [1.54, 1.807) is 0 Å². The second-order valence-electron chi connectivity index (χ2n) is 4.35. The number of likely N-dealkylation sites (tertiary alicyclic amines) is 1. The molecule has 1 rings (SSSR count). The van der Waals surface area contributed by atoms with E-state index in [0.717, 1.165) is 13.0 Å². The van der Waals surface area contributed by atoms with Gasteiger partial charge in [0, 0.05) is 6.04 Å². The molecule has 1 aliphatic heterocycles. The first-order valence-corrected chi connectivity index (χ1v) is 5.93. The van der Waals surface area contributed by atoms with Gasteiger partial charge in [0.15, 0.2) is 5.84 Å². The first-order chi connectivity index (χ1) is 7.20. The minimum Gasteiger partial charge on any atom is -0.409 e. The molecule has 0 spiro atoms. The molecular weight excluding hydrogens is 190 g/mol. The van der Waals surface area contributed by atoms with Gasteiger partial charge in [-0.3, -0.25) is 4.90 Å². The molecule has 88 valence electrons. The van der Waals surface area contributed by atoms with Gasteiger partial charge in [-0.15, -0.1) is 0 Å². The van der Waals surface area contributed by atoms with Gasteiger partial charge in [0.25, 0.3) is 0 Å². The number of hydrogen-bond donors (Lipinski definition) is 2. The monoisotopic (exact) mass is 213 g/mol. The molecule has 1 saturated heterocycles. The molecule has 0 amide bonds. The van der Waals surface area contributed by atoms with Gasteiger partial charge in [-0.05, 0) is 32.7 Å². The maximum Gasteiger partial charge on any atom is 0.156 e. The Morgan fingerprint density at radius 1 is 1.53 bits per heavy atom. The van der Waals surface area contributed by atoms with Crippen molar-refractivity contribution in [2.45, 2.75) is 58.0 Å². The van der Waals surface area contributed by atoms with Gasteiger partial charge in [0.05, 0.1) is 6.04 Å². The Kier molecular flexibility index (Phi) is 4.88. The van der Waals surface area contributed by atoms with Crippen molar-refractivity contribution >= 4 is 5.84 Å². The molecule has 0 radical (unpaired) electrons. The molecule has 1 heterocycles. The minimum atomic E-state index is 0.0537. The Labute approximate surface area is 92.1 Å². The van der Waals surface area contributed by atoms with Gasteiger partial charge >= 0.3 is 0 Å². The molecule has 2 atom stereocenters. The summed E-state index contributed by atoms with van der Waals surface area (Å²) in [6.45, 7) is 5.29. The van der Waals surface area contributed by atoms with Gasteiger partial charge in [-0.1, -0.05) is 24.9 Å². The van der Waals surface area contributed by atoms with E-state index in [2.05, 4.69) is 17.0 Å². The van der Waals surface area contributed by atoms with E-state index in [9.17, 15) is 0 Å². The lowest BCUT2D eigenvalue weighted by Crippen LogP contribution is -2.48. The Morgan fingerprint density at radius 2 is 2.27 bits per heavy atom. The second-order valence-corrected chi connectivity index (χ2v) is 4.35. The van der Waals surface area contributed by atoms with Gasteiger partial charge in [-0.25, -0.2) is 0 Å². The largest absolute Gasteiger partial charge is 0.409 e. The number of nitrogens with zero attached hydrogens (tertiary/aromatic N) is 2. The summed E-state index contributed by atoms with van der Waals surface area (Å²) in [7, 11) is 0. The molecular formula is C11H23N3O. The van der Waals surface area contributed by atoms with Crippen LogP contribution in [0.5, 0.6) is 0 Å². The zero-order valence-electron chi connectivity index (χ0n) is 9.82.